The number of para-hydroxylation sites is 1. The topological polar surface area (TPSA) is 110 Å². The van der Waals surface area contributed by atoms with Crippen molar-refractivity contribution in [2.45, 2.75) is 51.7 Å². The largest absolute Gasteiger partial charge is 0.497 e. The number of nitrogens with one attached hydrogen (secondary N) is 2. The van der Waals surface area contributed by atoms with Crippen LogP contribution in [0.15, 0.2) is 53.3 Å². The molecule has 1 atom stereocenters. The van der Waals surface area contributed by atoms with E-state index < -0.39 is 6.04 Å². The molecule has 174 valence electrons. The number of carbonyl (C=O) groups excluding carboxylic acids is 2. The third-order valence-corrected chi connectivity index (χ3v) is 5.07. The number of H-pyrrole nitrogens is 1. The molecule has 0 aliphatic carbocycles. The minimum Gasteiger partial charge on any atom is -0.497 e. The first-order chi connectivity index (χ1) is 15.9. The van der Waals surface area contributed by atoms with E-state index >= 15 is 0 Å². The molecular formula is C25H29N3O5. The van der Waals surface area contributed by atoms with Gasteiger partial charge in [-0.1, -0.05) is 24.3 Å². The third kappa shape index (κ3) is 6.90. The SMILES string of the molecule is COc1ccc(C(CC(=O)OC(C)C)NC(=O)CCCc2nc3ccccc3c(=O)[nH]2)cc1. The Hall–Kier alpha value is -3.68. The lowest BCUT2D eigenvalue weighted by atomic mass is 10.0. The molecule has 0 saturated heterocycles. The molecule has 0 spiro atoms. The van der Waals surface area contributed by atoms with Crippen molar-refractivity contribution in [3.63, 3.8) is 0 Å². The second-order valence-corrected chi connectivity index (χ2v) is 8.02. The maximum Gasteiger partial charge on any atom is 0.308 e. The Balaban J connectivity index is 1.62. The van der Waals surface area contributed by atoms with Gasteiger partial charge < -0.3 is 19.8 Å². The van der Waals surface area contributed by atoms with Crippen LogP contribution >= 0.6 is 0 Å². The van der Waals surface area contributed by atoms with Gasteiger partial charge in [-0.15, -0.1) is 0 Å². The average molecular weight is 452 g/mol. The first-order valence-corrected chi connectivity index (χ1v) is 11.0. The number of fused-ring (bicyclic) bond motifs is 1. The van der Waals surface area contributed by atoms with Crippen molar-refractivity contribution in [1.82, 2.24) is 15.3 Å². The number of benzene rings is 2. The van der Waals surface area contributed by atoms with Crippen molar-refractivity contribution in [2.75, 3.05) is 7.11 Å². The highest BCUT2D eigenvalue weighted by molar-refractivity contribution is 5.78. The van der Waals surface area contributed by atoms with Gasteiger partial charge in [-0.25, -0.2) is 4.98 Å². The van der Waals surface area contributed by atoms with E-state index in [0.717, 1.165) is 5.56 Å². The lowest BCUT2D eigenvalue weighted by Gasteiger charge is -2.20. The Bertz CT molecular complexity index is 1150. The van der Waals surface area contributed by atoms with E-state index in [9.17, 15) is 14.4 Å². The number of amides is 1. The number of ether oxygens (including phenoxy) is 2. The molecule has 1 amide bonds. The van der Waals surface area contributed by atoms with Gasteiger partial charge in [0.25, 0.3) is 5.56 Å². The number of carbonyl (C=O) groups is 2. The van der Waals surface area contributed by atoms with Crippen molar-refractivity contribution in [3.8, 4) is 5.75 Å². The molecule has 1 unspecified atom stereocenters. The van der Waals surface area contributed by atoms with E-state index in [1.807, 2.05) is 18.2 Å². The van der Waals surface area contributed by atoms with Crippen molar-refractivity contribution in [3.05, 3.63) is 70.3 Å². The second-order valence-electron chi connectivity index (χ2n) is 8.02. The Labute approximate surface area is 192 Å². The van der Waals surface area contributed by atoms with E-state index in [1.165, 1.54) is 0 Å². The van der Waals surface area contributed by atoms with Crippen molar-refractivity contribution >= 4 is 22.8 Å². The van der Waals surface area contributed by atoms with E-state index in [2.05, 4.69) is 15.3 Å². The number of aromatic amines is 1. The molecule has 0 aliphatic heterocycles. The van der Waals surface area contributed by atoms with E-state index in [1.54, 1.807) is 51.3 Å². The van der Waals surface area contributed by atoms with Crippen LogP contribution in [0.5, 0.6) is 5.75 Å². The highest BCUT2D eigenvalue weighted by Crippen LogP contribution is 2.21. The van der Waals surface area contributed by atoms with Gasteiger partial charge in [-0.3, -0.25) is 14.4 Å². The standard InChI is InChI=1S/C25H29N3O5/c1-16(2)33-24(30)15-21(17-11-13-18(32-3)14-12-17)27-23(29)10-6-9-22-26-20-8-5-4-7-19(20)25(31)28-22/h4-5,7-8,11-14,16,21H,6,9-10,15H2,1-3H3,(H,27,29)(H,26,28,31). The number of aromatic nitrogens is 2. The Morgan fingerprint density at radius 1 is 1.09 bits per heavy atom. The predicted octanol–water partition coefficient (Wildman–Crippen LogP) is 3.45. The fraction of sp³-hybridized carbons (Fsp3) is 0.360. The van der Waals surface area contributed by atoms with Gasteiger partial charge in [0, 0.05) is 12.8 Å². The molecule has 0 saturated carbocycles. The van der Waals surface area contributed by atoms with Gasteiger partial charge in [0.15, 0.2) is 0 Å². The van der Waals surface area contributed by atoms with Crippen LogP contribution in [0.4, 0.5) is 0 Å². The summed E-state index contributed by atoms with van der Waals surface area (Å²) >= 11 is 0. The van der Waals surface area contributed by atoms with Crippen LogP contribution in [-0.4, -0.2) is 35.1 Å². The van der Waals surface area contributed by atoms with Crippen molar-refractivity contribution in [1.29, 1.82) is 0 Å². The van der Waals surface area contributed by atoms with Crippen LogP contribution in [0.25, 0.3) is 10.9 Å². The zero-order chi connectivity index (χ0) is 23.8. The quantitative estimate of drug-likeness (QED) is 0.457. The van der Waals surface area contributed by atoms with Gasteiger partial charge in [0.1, 0.15) is 11.6 Å². The van der Waals surface area contributed by atoms with Gasteiger partial charge in [-0.2, -0.15) is 0 Å². The maximum absolute atomic E-state index is 12.6. The third-order valence-electron chi connectivity index (χ3n) is 5.07. The number of methoxy groups -OCH3 is 1. The summed E-state index contributed by atoms with van der Waals surface area (Å²) in [7, 11) is 1.58. The van der Waals surface area contributed by atoms with Crippen LogP contribution in [-0.2, 0) is 20.7 Å². The monoisotopic (exact) mass is 451 g/mol. The maximum atomic E-state index is 12.6. The molecule has 0 aliphatic rings. The molecule has 2 aromatic carbocycles. The Morgan fingerprint density at radius 2 is 1.82 bits per heavy atom. The van der Waals surface area contributed by atoms with Gasteiger partial charge >= 0.3 is 5.97 Å². The fourth-order valence-corrected chi connectivity index (χ4v) is 3.50. The van der Waals surface area contributed by atoms with Crippen molar-refractivity contribution in [2.24, 2.45) is 0 Å². The number of rotatable bonds is 10. The molecule has 3 rings (SSSR count). The van der Waals surface area contributed by atoms with Crippen LogP contribution in [0.3, 0.4) is 0 Å². The van der Waals surface area contributed by atoms with Gasteiger partial charge in [0.05, 0.1) is 36.6 Å². The summed E-state index contributed by atoms with van der Waals surface area (Å²) in [6.45, 7) is 3.56. The smallest absolute Gasteiger partial charge is 0.308 e. The van der Waals surface area contributed by atoms with Gasteiger partial charge in [-0.05, 0) is 50.1 Å². The predicted molar refractivity (Wildman–Crippen MR) is 125 cm³/mol. The summed E-state index contributed by atoms with van der Waals surface area (Å²) in [5, 5.41) is 3.47. The van der Waals surface area contributed by atoms with E-state index in [0.29, 0.717) is 35.3 Å². The highest BCUT2D eigenvalue weighted by atomic mass is 16.5. The molecule has 2 N–H and O–H groups in total. The lowest BCUT2D eigenvalue weighted by molar-refractivity contribution is -0.148. The molecular weight excluding hydrogens is 422 g/mol. The first-order valence-electron chi connectivity index (χ1n) is 11.0. The molecule has 0 fully saturated rings. The average Bonchev–Trinajstić information content (AvgIpc) is 2.78. The summed E-state index contributed by atoms with van der Waals surface area (Å²) in [6, 6.07) is 13.8. The summed E-state index contributed by atoms with van der Waals surface area (Å²) in [4.78, 5) is 44.3. The van der Waals surface area contributed by atoms with E-state index in [4.69, 9.17) is 9.47 Å². The number of hydrogen-bond acceptors (Lipinski definition) is 6. The van der Waals surface area contributed by atoms with Gasteiger partial charge in [0.2, 0.25) is 5.91 Å². The molecule has 8 heteroatoms. The molecule has 3 aromatic rings. The number of esters is 1. The first kappa shape index (κ1) is 24.0. The fourth-order valence-electron chi connectivity index (χ4n) is 3.50. The van der Waals surface area contributed by atoms with Crippen LogP contribution < -0.4 is 15.6 Å². The Morgan fingerprint density at radius 3 is 2.52 bits per heavy atom. The zero-order valence-electron chi connectivity index (χ0n) is 19.1. The minimum atomic E-state index is -0.520. The number of nitrogens with zero attached hydrogens (tertiary/aromatic N) is 1. The molecule has 33 heavy (non-hydrogen) atoms. The lowest BCUT2D eigenvalue weighted by Crippen LogP contribution is -2.31. The number of aryl methyl sites for hydroxylation is 1. The zero-order valence-corrected chi connectivity index (χ0v) is 19.1. The van der Waals surface area contributed by atoms with E-state index in [-0.39, 0.29) is 36.4 Å². The molecule has 1 heterocycles. The Kier molecular flexibility index (Phi) is 8.18. The minimum absolute atomic E-state index is 0.0236. The highest BCUT2D eigenvalue weighted by Gasteiger charge is 2.20. The second kappa shape index (κ2) is 11.3. The van der Waals surface area contributed by atoms with Crippen LogP contribution in [0, 0.1) is 0 Å². The van der Waals surface area contributed by atoms with Crippen LogP contribution in [0.1, 0.15) is 50.5 Å². The molecule has 0 radical (unpaired) electrons. The van der Waals surface area contributed by atoms with Crippen molar-refractivity contribution < 1.29 is 19.1 Å². The summed E-state index contributed by atoms with van der Waals surface area (Å²) in [6.07, 6.45) is 0.967. The summed E-state index contributed by atoms with van der Waals surface area (Å²) in [5.74, 6) is 0.643. The normalized spacial score (nSPS) is 11.9. The summed E-state index contributed by atoms with van der Waals surface area (Å²) in [5.41, 5.74) is 1.22. The molecule has 0 bridgehead atoms. The molecule has 8 nitrogen and oxygen atoms in total. The summed E-state index contributed by atoms with van der Waals surface area (Å²) < 4.78 is 10.4. The number of hydrogen-bond donors (Lipinski definition) is 2. The van der Waals surface area contributed by atoms with Crippen LogP contribution in [0.2, 0.25) is 0 Å². The molecule has 1 aromatic heterocycles.